The van der Waals surface area contributed by atoms with E-state index in [4.69, 9.17) is 14.2 Å². The van der Waals surface area contributed by atoms with E-state index in [9.17, 15) is 18.0 Å². The topological polar surface area (TPSA) is 44.8 Å². The summed E-state index contributed by atoms with van der Waals surface area (Å²) in [6, 6.07) is 25.3. The zero-order valence-corrected chi connectivity index (χ0v) is 20.9. The van der Waals surface area contributed by atoms with Gasteiger partial charge in [-0.1, -0.05) is 110 Å². The van der Waals surface area contributed by atoms with E-state index >= 15 is 0 Å². The molecule has 196 valence electrons. The number of benzene rings is 3. The SMILES string of the molecule is CO[C@](C(=O)O[C@@H](C/C=C\[C@@H](C)COCc1ccccc1)c1ccccc1)(c1ccccc1)C(F)(F)F. The zero-order valence-electron chi connectivity index (χ0n) is 20.9. The fourth-order valence-electron chi connectivity index (χ4n) is 3.95. The van der Waals surface area contributed by atoms with Gasteiger partial charge >= 0.3 is 12.1 Å². The van der Waals surface area contributed by atoms with Gasteiger partial charge in [0, 0.05) is 19.1 Å². The van der Waals surface area contributed by atoms with Crippen LogP contribution in [0.1, 0.15) is 36.1 Å². The minimum absolute atomic E-state index is 0.0494. The molecule has 3 atom stereocenters. The second-order valence-corrected chi connectivity index (χ2v) is 8.70. The summed E-state index contributed by atoms with van der Waals surface area (Å²) in [6.07, 6.45) is -2.10. The van der Waals surface area contributed by atoms with E-state index in [0.717, 1.165) is 12.7 Å². The van der Waals surface area contributed by atoms with Crippen LogP contribution >= 0.6 is 0 Å². The smallest absolute Gasteiger partial charge is 0.432 e. The minimum Gasteiger partial charge on any atom is -0.454 e. The number of hydrogen-bond donors (Lipinski definition) is 0. The number of carbonyl (C=O) groups excluding carboxylic acids is 1. The van der Waals surface area contributed by atoms with Gasteiger partial charge in [0.1, 0.15) is 6.10 Å². The average Bonchev–Trinajstić information content (AvgIpc) is 2.90. The predicted molar refractivity (Wildman–Crippen MR) is 135 cm³/mol. The van der Waals surface area contributed by atoms with E-state index in [1.54, 1.807) is 42.5 Å². The zero-order chi connectivity index (χ0) is 26.7. The highest BCUT2D eigenvalue weighted by molar-refractivity contribution is 5.83. The van der Waals surface area contributed by atoms with Crippen LogP contribution < -0.4 is 0 Å². The highest BCUT2D eigenvalue weighted by Crippen LogP contribution is 2.44. The summed E-state index contributed by atoms with van der Waals surface area (Å²) in [5.41, 5.74) is -1.95. The Morgan fingerprint density at radius 2 is 1.46 bits per heavy atom. The van der Waals surface area contributed by atoms with Gasteiger partial charge in [0.2, 0.25) is 0 Å². The molecule has 3 aromatic carbocycles. The molecule has 0 aromatic heterocycles. The Hall–Kier alpha value is -3.42. The Balaban J connectivity index is 1.73. The summed E-state index contributed by atoms with van der Waals surface area (Å²) < 4.78 is 59.1. The van der Waals surface area contributed by atoms with E-state index in [1.807, 2.05) is 43.3 Å². The summed E-state index contributed by atoms with van der Waals surface area (Å²) in [7, 11) is 0.857. The number of rotatable bonds is 12. The van der Waals surface area contributed by atoms with Crippen molar-refractivity contribution in [2.24, 2.45) is 5.92 Å². The normalized spacial score (nSPS) is 15.2. The molecule has 0 fully saturated rings. The second-order valence-electron chi connectivity index (χ2n) is 8.70. The van der Waals surface area contributed by atoms with Gasteiger partial charge in [0.25, 0.3) is 5.60 Å². The monoisotopic (exact) mass is 512 g/mol. The van der Waals surface area contributed by atoms with Crippen molar-refractivity contribution < 1.29 is 32.2 Å². The molecule has 0 bridgehead atoms. The molecule has 0 spiro atoms. The molecule has 3 aromatic rings. The van der Waals surface area contributed by atoms with Crippen LogP contribution in [0.4, 0.5) is 13.2 Å². The van der Waals surface area contributed by atoms with E-state index < -0.39 is 23.9 Å². The van der Waals surface area contributed by atoms with Crippen molar-refractivity contribution in [2.75, 3.05) is 13.7 Å². The molecule has 0 heterocycles. The fraction of sp³-hybridized carbons (Fsp3) is 0.300. The molecule has 0 saturated heterocycles. The van der Waals surface area contributed by atoms with Crippen molar-refractivity contribution in [1.29, 1.82) is 0 Å². The summed E-state index contributed by atoms with van der Waals surface area (Å²) in [6.45, 7) is 2.93. The molecule has 0 unspecified atom stereocenters. The summed E-state index contributed by atoms with van der Waals surface area (Å²) in [4.78, 5) is 13.2. The van der Waals surface area contributed by atoms with E-state index in [0.29, 0.717) is 18.8 Å². The van der Waals surface area contributed by atoms with Crippen LogP contribution in [0.25, 0.3) is 0 Å². The van der Waals surface area contributed by atoms with Crippen LogP contribution in [-0.4, -0.2) is 25.9 Å². The van der Waals surface area contributed by atoms with Gasteiger partial charge in [-0.2, -0.15) is 13.2 Å². The van der Waals surface area contributed by atoms with Crippen molar-refractivity contribution in [3.05, 3.63) is 120 Å². The first-order valence-electron chi connectivity index (χ1n) is 12.0. The number of ether oxygens (including phenoxy) is 3. The number of halogens is 3. The molecule has 0 N–H and O–H groups in total. The maximum Gasteiger partial charge on any atom is 0.432 e. The Bertz CT molecular complexity index is 1120. The number of hydrogen-bond acceptors (Lipinski definition) is 4. The average molecular weight is 513 g/mol. The van der Waals surface area contributed by atoms with Crippen molar-refractivity contribution in [1.82, 2.24) is 0 Å². The van der Waals surface area contributed by atoms with Gasteiger partial charge in [-0.25, -0.2) is 4.79 Å². The van der Waals surface area contributed by atoms with Gasteiger partial charge in [0.15, 0.2) is 0 Å². The quantitative estimate of drug-likeness (QED) is 0.191. The first kappa shape index (κ1) is 28.2. The van der Waals surface area contributed by atoms with E-state index in [2.05, 4.69) is 0 Å². The number of carbonyl (C=O) groups is 1. The summed E-state index contributed by atoms with van der Waals surface area (Å²) >= 11 is 0. The molecule has 37 heavy (non-hydrogen) atoms. The number of methoxy groups -OCH3 is 1. The standard InChI is InChI=1S/C30H31F3O4/c1-23(21-36-22-24-14-6-3-7-15-24)13-12-20-27(25-16-8-4-9-17-25)37-28(34)29(35-2,30(31,32)33)26-18-10-5-11-19-26/h3-19,23,27H,20-22H2,1-2H3/b13-12-/t23-,27+,29+/m1/s1. The molecular formula is C30H31F3O4. The molecule has 0 saturated carbocycles. The molecule has 0 aliphatic heterocycles. The predicted octanol–water partition coefficient (Wildman–Crippen LogP) is 7.17. The van der Waals surface area contributed by atoms with Gasteiger partial charge in [0.05, 0.1) is 13.2 Å². The van der Waals surface area contributed by atoms with Crippen LogP contribution in [0.15, 0.2) is 103 Å². The Labute approximate surface area is 215 Å². The lowest BCUT2D eigenvalue weighted by Gasteiger charge is -2.33. The summed E-state index contributed by atoms with van der Waals surface area (Å²) in [5.74, 6) is -1.47. The molecule has 7 heteroatoms. The minimum atomic E-state index is -5.04. The van der Waals surface area contributed by atoms with Crippen LogP contribution in [0.5, 0.6) is 0 Å². The summed E-state index contributed by atoms with van der Waals surface area (Å²) in [5, 5.41) is 0. The third-order valence-corrected chi connectivity index (χ3v) is 5.90. The molecule has 0 aliphatic rings. The largest absolute Gasteiger partial charge is 0.454 e. The van der Waals surface area contributed by atoms with E-state index in [-0.39, 0.29) is 17.9 Å². The van der Waals surface area contributed by atoms with Crippen molar-refractivity contribution in [3.8, 4) is 0 Å². The molecule has 0 radical (unpaired) electrons. The van der Waals surface area contributed by atoms with Crippen molar-refractivity contribution in [3.63, 3.8) is 0 Å². The Morgan fingerprint density at radius 3 is 2.03 bits per heavy atom. The highest BCUT2D eigenvalue weighted by atomic mass is 19.4. The second kappa shape index (κ2) is 13.2. The van der Waals surface area contributed by atoms with Gasteiger partial charge in [-0.05, 0) is 17.0 Å². The van der Waals surface area contributed by atoms with Gasteiger partial charge in [-0.15, -0.1) is 0 Å². The third-order valence-electron chi connectivity index (χ3n) is 5.90. The van der Waals surface area contributed by atoms with Crippen molar-refractivity contribution in [2.45, 2.75) is 37.8 Å². The lowest BCUT2D eigenvalue weighted by atomic mass is 9.92. The van der Waals surface area contributed by atoms with Crippen molar-refractivity contribution >= 4 is 5.97 Å². The Kier molecular flexibility index (Phi) is 10.1. The molecule has 0 aliphatic carbocycles. The van der Waals surface area contributed by atoms with E-state index in [1.165, 1.54) is 24.3 Å². The lowest BCUT2D eigenvalue weighted by molar-refractivity contribution is -0.278. The highest BCUT2D eigenvalue weighted by Gasteiger charge is 2.64. The molecule has 0 amide bonds. The fourth-order valence-corrected chi connectivity index (χ4v) is 3.95. The molecule has 4 nitrogen and oxygen atoms in total. The Morgan fingerprint density at radius 1 is 0.892 bits per heavy atom. The molecule has 3 rings (SSSR count). The van der Waals surface area contributed by atoms with Gasteiger partial charge in [-0.3, -0.25) is 0 Å². The maximum absolute atomic E-state index is 14.3. The number of alkyl halides is 3. The lowest BCUT2D eigenvalue weighted by Crippen LogP contribution is -2.52. The first-order chi connectivity index (χ1) is 17.8. The maximum atomic E-state index is 14.3. The van der Waals surface area contributed by atoms with Crippen LogP contribution in [0, 0.1) is 5.92 Å². The number of esters is 1. The molecular weight excluding hydrogens is 481 g/mol. The van der Waals surface area contributed by atoms with Crippen LogP contribution in [0.3, 0.4) is 0 Å². The first-order valence-corrected chi connectivity index (χ1v) is 12.0. The van der Waals surface area contributed by atoms with Gasteiger partial charge < -0.3 is 14.2 Å². The van der Waals surface area contributed by atoms with Crippen LogP contribution in [0.2, 0.25) is 0 Å². The van der Waals surface area contributed by atoms with Crippen LogP contribution in [-0.2, 0) is 31.2 Å². The third kappa shape index (κ3) is 7.31.